The van der Waals surface area contributed by atoms with Crippen molar-refractivity contribution < 1.29 is 76.7 Å². The Morgan fingerprint density at radius 1 is 0.408 bits per heavy atom. The molecule has 3 atom stereocenters. The van der Waals surface area contributed by atoms with E-state index in [1.807, 2.05) is 0 Å². The molecular formula is C79H108N34O16S. The quantitative estimate of drug-likeness (QED) is 0.00834. The molecule has 1 fully saturated rings. The Kier molecular flexibility index (Phi) is 35.3. The van der Waals surface area contributed by atoms with E-state index in [0.29, 0.717) is 51.0 Å². The number of rotatable bonds is 46. The van der Waals surface area contributed by atoms with E-state index in [-0.39, 0.29) is 201 Å². The number of amides is 16. The third-order valence-electron chi connectivity index (χ3n) is 20.0. The van der Waals surface area contributed by atoms with E-state index in [9.17, 15) is 76.7 Å². The van der Waals surface area contributed by atoms with Gasteiger partial charge in [-0.2, -0.15) is 12.6 Å². The lowest BCUT2D eigenvalue weighted by molar-refractivity contribution is -0.141. The van der Waals surface area contributed by atoms with Crippen LogP contribution in [-0.4, -0.2) is 251 Å². The summed E-state index contributed by atoms with van der Waals surface area (Å²) in [6.07, 6.45) is 14.9. The van der Waals surface area contributed by atoms with E-state index >= 15 is 0 Å². The third kappa shape index (κ3) is 28.5. The number of hydrogen-bond donors (Lipinski definition) is 22. The second kappa shape index (κ2) is 46.7. The number of aromatic nitrogens is 12. The SMILES string of the molecule is Cn1cc(NC(=O)c2nc(NC(=O)CCNC(=O)c3cc(NC(=O)c4nccn4C)cn3C)cn2C)cc1C(=O)NCCCC(=O)Nc1cn(C)c(C(=O)Nc2cc(C(=O)NCCC(=O)Nc3cn(C)c(C(=O)Nc4cc(C(=O)NCCC(=O)NC(=O)[C@H](CCCNC(=N)N)NC(=O)[C@@H]5CCCN5C(=O)[C@H](CCCNC(=N)N)NCCCNC(=O)CS)n(C)c4)n3)n(C)c2)n1. The number of thiol groups is 1. The number of carbonyl (C=O) groups excluding carboxylic acids is 16. The predicted molar refractivity (Wildman–Crippen MR) is 476 cm³/mol. The maximum atomic E-state index is 14.1. The van der Waals surface area contributed by atoms with Crippen molar-refractivity contribution in [2.24, 2.45) is 67.8 Å². The highest BCUT2D eigenvalue weighted by atomic mass is 32.1. The number of anilines is 7. The van der Waals surface area contributed by atoms with Crippen LogP contribution in [0.1, 0.15) is 161 Å². The smallest absolute Gasteiger partial charge is 0.291 e. The average molecular weight is 1820 g/mol. The fraction of sp³-hybridized carbons (Fsp3) is 0.418. The Labute approximate surface area is 749 Å². The molecule has 0 radical (unpaired) electrons. The minimum Gasteiger partial charge on any atom is -0.370 e. The average Bonchev–Trinajstić information content (AvgIpc) is 1.77. The minimum atomic E-state index is -1.28. The number of likely N-dealkylation sites (tertiary alicyclic amines) is 1. The molecule has 0 saturated carbocycles. The molecule has 9 heterocycles. The number of nitrogens with one attached hydrogen (secondary N) is 19. The molecule has 0 spiro atoms. The lowest BCUT2D eigenvalue weighted by atomic mass is 10.1. The molecule has 50 nitrogen and oxygen atoms in total. The van der Waals surface area contributed by atoms with Crippen LogP contribution in [0.2, 0.25) is 0 Å². The molecule has 8 aromatic heterocycles. The minimum absolute atomic E-state index is 0.00101. The van der Waals surface area contributed by atoms with Crippen molar-refractivity contribution in [3.05, 3.63) is 126 Å². The van der Waals surface area contributed by atoms with Crippen LogP contribution in [0.25, 0.3) is 0 Å². The second-order valence-corrected chi connectivity index (χ2v) is 30.6. The molecule has 0 aromatic carbocycles. The topological polar surface area (TPSA) is 672 Å². The third-order valence-corrected chi connectivity index (χ3v) is 20.3. The van der Waals surface area contributed by atoms with Gasteiger partial charge in [-0.15, -0.1) is 0 Å². The predicted octanol–water partition coefficient (Wildman–Crippen LogP) is -2.19. The number of guanidine groups is 2. The molecule has 696 valence electrons. The highest BCUT2D eigenvalue weighted by Crippen LogP contribution is 2.24. The number of carbonyl (C=O) groups is 16. The molecule has 1 aliphatic rings. The van der Waals surface area contributed by atoms with Crippen LogP contribution in [0, 0.1) is 10.8 Å². The molecule has 9 rings (SSSR count). The summed E-state index contributed by atoms with van der Waals surface area (Å²) in [5.74, 6) is -9.74. The molecule has 1 aliphatic heterocycles. The molecule has 0 unspecified atom stereocenters. The molecule has 130 heavy (non-hydrogen) atoms. The van der Waals surface area contributed by atoms with Crippen molar-refractivity contribution in [3.8, 4) is 0 Å². The van der Waals surface area contributed by atoms with E-state index in [4.69, 9.17) is 22.3 Å². The van der Waals surface area contributed by atoms with Crippen molar-refractivity contribution in [3.63, 3.8) is 0 Å². The first kappa shape index (κ1) is 98.3. The fourth-order valence-corrected chi connectivity index (χ4v) is 13.7. The molecule has 8 aromatic rings. The maximum Gasteiger partial charge on any atom is 0.291 e. The summed E-state index contributed by atoms with van der Waals surface area (Å²) in [4.78, 5) is 230. The summed E-state index contributed by atoms with van der Waals surface area (Å²) in [6, 6.07) is 2.70. The van der Waals surface area contributed by atoms with Crippen molar-refractivity contribution in [2.45, 2.75) is 95.2 Å². The first-order valence-corrected chi connectivity index (χ1v) is 41.8. The Balaban J connectivity index is 0.648. The van der Waals surface area contributed by atoms with Crippen molar-refractivity contribution >= 4 is 159 Å². The number of imide groups is 1. The highest BCUT2D eigenvalue weighted by molar-refractivity contribution is 7.81. The number of aryl methyl sites for hydroxylation is 8. The van der Waals surface area contributed by atoms with Gasteiger partial charge in [0, 0.05) is 190 Å². The zero-order valence-corrected chi connectivity index (χ0v) is 73.6. The van der Waals surface area contributed by atoms with E-state index < -0.39 is 101 Å². The summed E-state index contributed by atoms with van der Waals surface area (Å²) in [5.41, 5.74) is 12.5. The Morgan fingerprint density at radius 2 is 0.785 bits per heavy atom. The van der Waals surface area contributed by atoms with Crippen LogP contribution in [0.5, 0.6) is 0 Å². The van der Waals surface area contributed by atoms with Gasteiger partial charge in [0.05, 0.1) is 34.5 Å². The second-order valence-electron chi connectivity index (χ2n) is 30.3. The molecule has 1 saturated heterocycles. The van der Waals surface area contributed by atoms with E-state index in [1.165, 1.54) is 126 Å². The largest absolute Gasteiger partial charge is 0.370 e. The molecule has 51 heteroatoms. The molecule has 23 N–H and O–H groups in total. The van der Waals surface area contributed by atoms with Gasteiger partial charge in [0.25, 0.3) is 47.3 Å². The molecule has 0 aliphatic carbocycles. The van der Waals surface area contributed by atoms with Gasteiger partial charge >= 0.3 is 0 Å². The van der Waals surface area contributed by atoms with Gasteiger partial charge in [0.15, 0.2) is 35.2 Å². The Bertz CT molecular complexity index is 5560. The monoisotopic (exact) mass is 1820 g/mol. The van der Waals surface area contributed by atoms with Crippen LogP contribution in [0.4, 0.5) is 40.2 Å². The van der Waals surface area contributed by atoms with Gasteiger partial charge in [-0.05, 0) is 82.2 Å². The molecular weight excluding hydrogens is 1710 g/mol. The van der Waals surface area contributed by atoms with Crippen LogP contribution in [0.3, 0.4) is 0 Å². The van der Waals surface area contributed by atoms with Crippen molar-refractivity contribution in [1.82, 2.24) is 115 Å². The van der Waals surface area contributed by atoms with Crippen LogP contribution in [-0.2, 0) is 94.7 Å². The Morgan fingerprint density at radius 3 is 1.18 bits per heavy atom. The number of nitrogens with two attached hydrogens (primary N) is 2. The van der Waals surface area contributed by atoms with Crippen molar-refractivity contribution in [2.75, 3.05) is 102 Å². The summed E-state index contributed by atoms with van der Waals surface area (Å²) in [7, 11) is 12.6. The van der Waals surface area contributed by atoms with E-state index in [0.717, 1.165) is 0 Å². The first-order chi connectivity index (χ1) is 61.9. The summed E-state index contributed by atoms with van der Waals surface area (Å²) in [6.45, 7) is 1.02. The van der Waals surface area contributed by atoms with Crippen molar-refractivity contribution in [1.29, 1.82) is 10.8 Å². The number of nitrogens with zero attached hydrogens (tertiary/aromatic N) is 13. The van der Waals surface area contributed by atoms with Gasteiger partial charge in [-0.3, -0.25) is 92.8 Å². The van der Waals surface area contributed by atoms with Gasteiger partial charge in [0.1, 0.15) is 34.9 Å². The lowest BCUT2D eigenvalue weighted by Crippen LogP contribution is -2.56. The fourth-order valence-electron chi connectivity index (χ4n) is 13.6. The highest BCUT2D eigenvalue weighted by Gasteiger charge is 2.39. The number of imidazole rings is 4. The van der Waals surface area contributed by atoms with E-state index in [2.05, 4.69) is 123 Å². The Hall–Kier alpha value is -15.5. The van der Waals surface area contributed by atoms with Gasteiger partial charge in [-0.1, -0.05) is 0 Å². The molecule has 0 bridgehead atoms. The van der Waals surface area contributed by atoms with Gasteiger partial charge < -0.3 is 138 Å². The number of hydrogen-bond acceptors (Lipinski definition) is 24. The molecule has 16 amide bonds. The van der Waals surface area contributed by atoms with E-state index in [1.54, 1.807) is 52.2 Å². The summed E-state index contributed by atoms with van der Waals surface area (Å²) >= 11 is 3.96. The lowest BCUT2D eigenvalue weighted by Gasteiger charge is -2.30. The zero-order chi connectivity index (χ0) is 94.6. The normalized spacial score (nSPS) is 12.6. The van der Waals surface area contributed by atoms with Gasteiger partial charge in [-0.25, -0.2) is 19.9 Å². The summed E-state index contributed by atoms with van der Waals surface area (Å²) in [5, 5.41) is 60.5. The van der Waals surface area contributed by atoms with Crippen LogP contribution in [0.15, 0.2) is 80.0 Å². The zero-order valence-electron chi connectivity index (χ0n) is 72.7. The maximum absolute atomic E-state index is 14.1. The summed E-state index contributed by atoms with van der Waals surface area (Å²) < 4.78 is 11.5. The standard InChI is InChI=1S/C79H108N34O16S/c1-105-31-29-86-63(105)73(125)93-44-32-52(107(3)36-44)69(121)88-26-18-59(115)99-56-41-111(7)65(102-56)75(127)94-45-33-51(106(2)37-45)68(120)87-21-11-17-58(114)98-55-40-110(6)64(101-55)74(126)95-46-34-53(108(4)38-46)70(122)89-27-19-60(116)100-57-42-112(8)66(103-57)76(128)96-47-35-54(109(5)39-47)71(123)90-28-20-61(117)104-67(119)48(14-9-22-91-78(80)81)97-72(124)50-16-12-30-113(50)77(129)49(15-10-23-92-79(82)83)84-24-13-25-85-62(118)43-130/h29,31-42,48-50,84,130H,9-28,30,43H2,1-8H3,(H,85,118)(H,87,120)(H,88,121)(H,89,122)(H,90,123)(H,93,125)(H,94,127)(H,95,126)(H,96,128)(H,97,124)(H,98,114)(H,99,115)(H,100,116)(H4,80,81,91)(H4,82,83,92)(H,104,117,119)/t48-,49-,50-/m0/s1. The van der Waals surface area contributed by atoms with Crippen LogP contribution < -0.4 is 102 Å². The van der Waals surface area contributed by atoms with Gasteiger partial charge in [0.2, 0.25) is 64.7 Å². The van der Waals surface area contributed by atoms with Crippen LogP contribution >= 0.6 is 12.6 Å². The first-order valence-electron chi connectivity index (χ1n) is 41.1.